The number of aliphatic hydroxyl groups is 2. The minimum Gasteiger partial charge on any atom is -0.394 e. The Morgan fingerprint density at radius 1 is 1.42 bits per heavy atom. The molecule has 2 N–H and O–H groups in total. The summed E-state index contributed by atoms with van der Waals surface area (Å²) in [5.41, 5.74) is 0. The third kappa shape index (κ3) is 6.91. The van der Waals surface area contributed by atoms with Gasteiger partial charge in [0.25, 0.3) is 0 Å². The largest absolute Gasteiger partial charge is 0.394 e. The standard InChI is InChI=1S/C8H19NO2S/c1-9(7-12)5-3-2-4-8(11)6-10/h8,10-12H,2-7H2,1H3/t8-/m0/s1. The van der Waals surface area contributed by atoms with E-state index in [9.17, 15) is 0 Å². The average Bonchev–Trinajstić information content (AvgIpc) is 2.11. The molecule has 0 aliphatic heterocycles. The molecule has 3 nitrogen and oxygen atoms in total. The molecule has 4 heteroatoms. The maximum Gasteiger partial charge on any atom is 0.0770 e. The molecule has 0 amide bonds. The van der Waals surface area contributed by atoms with E-state index in [1.165, 1.54) is 0 Å². The fourth-order valence-electron chi connectivity index (χ4n) is 0.924. The SMILES string of the molecule is CN(CS)CCCC[C@H](O)CO. The maximum atomic E-state index is 9.00. The zero-order chi connectivity index (χ0) is 9.40. The number of nitrogens with zero attached hydrogens (tertiary/aromatic N) is 1. The van der Waals surface area contributed by atoms with Crippen molar-refractivity contribution >= 4 is 12.6 Å². The molecule has 0 spiro atoms. The summed E-state index contributed by atoms with van der Waals surface area (Å²) >= 11 is 4.11. The summed E-state index contributed by atoms with van der Waals surface area (Å²) in [5.74, 6) is 0.766. The van der Waals surface area contributed by atoms with Crippen LogP contribution in [0.4, 0.5) is 0 Å². The van der Waals surface area contributed by atoms with Gasteiger partial charge in [-0.2, -0.15) is 12.6 Å². The number of hydrogen-bond donors (Lipinski definition) is 3. The lowest BCUT2D eigenvalue weighted by Gasteiger charge is -2.13. The van der Waals surface area contributed by atoms with E-state index in [4.69, 9.17) is 10.2 Å². The van der Waals surface area contributed by atoms with Crippen LogP contribution in [0.25, 0.3) is 0 Å². The normalized spacial score (nSPS) is 13.8. The first-order valence-electron chi connectivity index (χ1n) is 4.29. The first-order chi connectivity index (χ1) is 5.70. The number of aliphatic hydroxyl groups excluding tert-OH is 2. The van der Waals surface area contributed by atoms with Crippen LogP contribution in [0, 0.1) is 0 Å². The van der Waals surface area contributed by atoms with Crippen molar-refractivity contribution in [2.45, 2.75) is 25.4 Å². The van der Waals surface area contributed by atoms with Gasteiger partial charge in [0.2, 0.25) is 0 Å². The third-order valence-electron chi connectivity index (χ3n) is 1.78. The number of rotatable bonds is 7. The molecule has 0 aromatic carbocycles. The summed E-state index contributed by atoms with van der Waals surface area (Å²) in [6, 6.07) is 0. The Morgan fingerprint density at radius 2 is 2.08 bits per heavy atom. The van der Waals surface area contributed by atoms with Gasteiger partial charge < -0.3 is 10.2 Å². The van der Waals surface area contributed by atoms with Gasteiger partial charge in [-0.15, -0.1) is 0 Å². The summed E-state index contributed by atoms with van der Waals surface area (Å²) in [6.45, 7) is 0.879. The molecule has 0 aliphatic rings. The molecular formula is C8H19NO2S. The zero-order valence-electron chi connectivity index (χ0n) is 7.61. The van der Waals surface area contributed by atoms with Crippen LogP contribution in [0.5, 0.6) is 0 Å². The van der Waals surface area contributed by atoms with E-state index < -0.39 is 6.10 Å². The van der Waals surface area contributed by atoms with Crippen LogP contribution in [0.1, 0.15) is 19.3 Å². The highest BCUT2D eigenvalue weighted by Gasteiger charge is 2.01. The van der Waals surface area contributed by atoms with Crippen LogP contribution >= 0.6 is 12.6 Å². The van der Waals surface area contributed by atoms with Gasteiger partial charge in [-0.3, -0.25) is 4.90 Å². The Morgan fingerprint density at radius 3 is 2.58 bits per heavy atom. The molecule has 0 bridgehead atoms. The number of hydrogen-bond acceptors (Lipinski definition) is 4. The molecule has 0 aliphatic carbocycles. The summed E-state index contributed by atoms with van der Waals surface area (Å²) in [4.78, 5) is 2.11. The molecule has 0 aromatic heterocycles. The van der Waals surface area contributed by atoms with Crippen LogP contribution in [-0.2, 0) is 0 Å². The summed E-state index contributed by atoms with van der Waals surface area (Å²) in [5, 5.41) is 17.5. The Labute approximate surface area is 79.8 Å². The minimum atomic E-state index is -0.536. The van der Waals surface area contributed by atoms with Crippen LogP contribution in [-0.4, -0.2) is 47.3 Å². The molecule has 0 saturated heterocycles. The van der Waals surface area contributed by atoms with Crippen molar-refractivity contribution < 1.29 is 10.2 Å². The van der Waals surface area contributed by atoms with Crippen molar-refractivity contribution in [1.82, 2.24) is 4.90 Å². The number of thiol groups is 1. The lowest BCUT2D eigenvalue weighted by Crippen LogP contribution is -2.18. The summed E-state index contributed by atoms with van der Waals surface area (Å²) < 4.78 is 0. The summed E-state index contributed by atoms with van der Waals surface area (Å²) in [7, 11) is 2.01. The lowest BCUT2D eigenvalue weighted by atomic mass is 10.1. The van der Waals surface area contributed by atoms with E-state index in [-0.39, 0.29) is 6.61 Å². The molecule has 1 atom stereocenters. The maximum absolute atomic E-state index is 9.00. The second-order valence-corrected chi connectivity index (χ2v) is 3.34. The second-order valence-electron chi connectivity index (χ2n) is 3.05. The Kier molecular flexibility index (Phi) is 8.01. The van der Waals surface area contributed by atoms with E-state index in [2.05, 4.69) is 17.5 Å². The van der Waals surface area contributed by atoms with E-state index in [1.54, 1.807) is 0 Å². The van der Waals surface area contributed by atoms with Gasteiger partial charge in [0.1, 0.15) is 0 Å². The molecule has 0 fully saturated rings. The van der Waals surface area contributed by atoms with Gasteiger partial charge in [0.05, 0.1) is 12.7 Å². The number of unbranched alkanes of at least 4 members (excludes halogenated alkanes) is 1. The van der Waals surface area contributed by atoms with Crippen molar-refractivity contribution in [3.8, 4) is 0 Å². The van der Waals surface area contributed by atoms with Crippen molar-refractivity contribution in [3.05, 3.63) is 0 Å². The van der Waals surface area contributed by atoms with Gasteiger partial charge in [-0.1, -0.05) is 0 Å². The van der Waals surface area contributed by atoms with Crippen molar-refractivity contribution in [1.29, 1.82) is 0 Å². The molecule has 0 aromatic rings. The van der Waals surface area contributed by atoms with Crippen LogP contribution in [0.15, 0.2) is 0 Å². The Balaban J connectivity index is 3.10. The molecular weight excluding hydrogens is 174 g/mol. The van der Waals surface area contributed by atoms with Crippen LogP contribution in [0.3, 0.4) is 0 Å². The third-order valence-corrected chi connectivity index (χ3v) is 2.26. The fourth-order valence-corrected chi connectivity index (χ4v) is 1.07. The average molecular weight is 193 g/mol. The minimum absolute atomic E-state index is 0.123. The van der Waals surface area contributed by atoms with E-state index in [1.807, 2.05) is 7.05 Å². The van der Waals surface area contributed by atoms with Gasteiger partial charge in [0, 0.05) is 5.88 Å². The summed E-state index contributed by atoms with van der Waals surface area (Å²) in [6.07, 6.45) is 2.16. The first kappa shape index (κ1) is 12.2. The van der Waals surface area contributed by atoms with Gasteiger partial charge in [-0.25, -0.2) is 0 Å². The predicted molar refractivity (Wildman–Crippen MR) is 53.4 cm³/mol. The van der Waals surface area contributed by atoms with Crippen molar-refractivity contribution in [3.63, 3.8) is 0 Å². The van der Waals surface area contributed by atoms with Gasteiger partial charge in [0.15, 0.2) is 0 Å². The van der Waals surface area contributed by atoms with E-state index in [0.717, 1.165) is 25.3 Å². The Bertz CT molecular complexity index is 91.1. The van der Waals surface area contributed by atoms with Crippen LogP contribution in [0.2, 0.25) is 0 Å². The van der Waals surface area contributed by atoms with Crippen molar-refractivity contribution in [2.24, 2.45) is 0 Å². The smallest absolute Gasteiger partial charge is 0.0770 e. The van der Waals surface area contributed by atoms with Gasteiger partial charge >= 0.3 is 0 Å². The molecule has 0 unspecified atom stereocenters. The monoisotopic (exact) mass is 193 g/mol. The molecule has 0 radical (unpaired) electrons. The lowest BCUT2D eigenvalue weighted by molar-refractivity contribution is 0.0856. The predicted octanol–water partition coefficient (Wildman–Crippen LogP) is 0.329. The highest BCUT2D eigenvalue weighted by molar-refractivity contribution is 7.80. The fraction of sp³-hybridized carbons (Fsp3) is 1.00. The van der Waals surface area contributed by atoms with E-state index in [0.29, 0.717) is 6.42 Å². The molecule has 12 heavy (non-hydrogen) atoms. The molecule has 0 rings (SSSR count). The molecule has 0 saturated carbocycles. The molecule has 74 valence electrons. The molecule has 0 heterocycles. The van der Waals surface area contributed by atoms with Crippen LogP contribution < -0.4 is 0 Å². The van der Waals surface area contributed by atoms with Crippen molar-refractivity contribution in [2.75, 3.05) is 26.1 Å². The highest BCUT2D eigenvalue weighted by Crippen LogP contribution is 2.01. The van der Waals surface area contributed by atoms with E-state index >= 15 is 0 Å². The second kappa shape index (κ2) is 7.86. The Hall–Kier alpha value is 0.230. The topological polar surface area (TPSA) is 43.7 Å². The zero-order valence-corrected chi connectivity index (χ0v) is 8.50. The quantitative estimate of drug-likeness (QED) is 0.310. The first-order valence-corrected chi connectivity index (χ1v) is 4.92. The highest BCUT2D eigenvalue weighted by atomic mass is 32.1. The van der Waals surface area contributed by atoms with Gasteiger partial charge in [-0.05, 0) is 32.9 Å².